The van der Waals surface area contributed by atoms with Crippen LogP contribution in [0.15, 0.2) is 25.0 Å². The van der Waals surface area contributed by atoms with Gasteiger partial charge in [0.2, 0.25) is 0 Å². The Morgan fingerprint density at radius 1 is 1.22 bits per heavy atom. The molecule has 3 heteroatoms. The van der Waals surface area contributed by atoms with E-state index in [0.29, 0.717) is 13.2 Å². The van der Waals surface area contributed by atoms with Crippen molar-refractivity contribution in [2.24, 2.45) is 0 Å². The molecular formula is C15H24O3. The topological polar surface area (TPSA) is 27.7 Å². The van der Waals surface area contributed by atoms with Crippen molar-refractivity contribution in [2.75, 3.05) is 13.2 Å². The van der Waals surface area contributed by atoms with Gasteiger partial charge in [0.05, 0.1) is 12.9 Å². The highest BCUT2D eigenvalue weighted by molar-refractivity contribution is 4.83. The predicted molar refractivity (Wildman–Crippen MR) is 71.2 cm³/mol. The van der Waals surface area contributed by atoms with Crippen LogP contribution in [0.5, 0.6) is 0 Å². The van der Waals surface area contributed by atoms with Crippen LogP contribution in [-0.2, 0) is 14.2 Å². The lowest BCUT2D eigenvalue weighted by molar-refractivity contribution is -0.189. The van der Waals surface area contributed by atoms with Gasteiger partial charge < -0.3 is 14.2 Å². The second-order valence-electron chi connectivity index (χ2n) is 5.09. The molecule has 0 N–H and O–H groups in total. The Morgan fingerprint density at radius 2 is 2.06 bits per heavy atom. The Labute approximate surface area is 110 Å². The summed E-state index contributed by atoms with van der Waals surface area (Å²) in [5.74, 6) is -0.279. The Morgan fingerprint density at radius 3 is 2.83 bits per heavy atom. The first-order valence-corrected chi connectivity index (χ1v) is 7.04. The van der Waals surface area contributed by atoms with Crippen molar-refractivity contribution >= 4 is 0 Å². The predicted octanol–water partition coefficient (Wildman–Crippen LogP) is 3.56. The van der Waals surface area contributed by atoms with E-state index < -0.39 is 0 Å². The minimum Gasteiger partial charge on any atom is -0.499 e. The molecule has 0 amide bonds. The zero-order valence-corrected chi connectivity index (χ0v) is 11.1. The highest BCUT2D eigenvalue weighted by Crippen LogP contribution is 2.37. The van der Waals surface area contributed by atoms with Gasteiger partial charge in [0.1, 0.15) is 12.7 Å². The monoisotopic (exact) mass is 252 g/mol. The van der Waals surface area contributed by atoms with Crippen LogP contribution in [0.4, 0.5) is 0 Å². The Bertz CT molecular complexity index is 279. The third kappa shape index (κ3) is 3.85. The molecule has 1 spiro atoms. The molecule has 1 aliphatic heterocycles. The average Bonchev–Trinajstić information content (AvgIpc) is 2.78. The third-order valence-electron chi connectivity index (χ3n) is 3.54. The normalized spacial score (nSPS) is 26.8. The lowest BCUT2D eigenvalue weighted by atomic mass is 9.94. The molecule has 1 saturated heterocycles. The molecular weight excluding hydrogens is 228 g/mol. The smallest absolute Gasteiger partial charge is 0.169 e. The van der Waals surface area contributed by atoms with Crippen LogP contribution < -0.4 is 0 Å². The maximum Gasteiger partial charge on any atom is 0.169 e. The van der Waals surface area contributed by atoms with Crippen LogP contribution in [0.25, 0.3) is 0 Å². The highest BCUT2D eigenvalue weighted by atomic mass is 16.7. The van der Waals surface area contributed by atoms with Crippen molar-refractivity contribution in [1.29, 1.82) is 0 Å². The third-order valence-corrected chi connectivity index (χ3v) is 3.54. The zero-order chi connectivity index (χ0) is 12.7. The van der Waals surface area contributed by atoms with Crippen LogP contribution in [-0.4, -0.2) is 25.1 Å². The molecule has 102 valence electrons. The first-order chi connectivity index (χ1) is 8.85. The van der Waals surface area contributed by atoms with E-state index in [0.717, 1.165) is 25.7 Å². The standard InChI is InChI=1S/C15H24O3/c1-2-3-4-8-11-16-12-14-13-17-15(18-14)9-6-5-7-10-15/h2,8,11,14H,1,3-7,9-10,12-13H2/b11-8-/t14-/m1/s1. The number of hydrogen-bond donors (Lipinski definition) is 0. The van der Waals surface area contributed by atoms with Crippen molar-refractivity contribution in [2.45, 2.75) is 56.8 Å². The van der Waals surface area contributed by atoms with Crippen molar-refractivity contribution in [3.05, 3.63) is 25.0 Å². The molecule has 2 aliphatic rings. The number of hydrogen-bond acceptors (Lipinski definition) is 3. The van der Waals surface area contributed by atoms with Gasteiger partial charge in [0.25, 0.3) is 0 Å². The van der Waals surface area contributed by atoms with Gasteiger partial charge in [0, 0.05) is 12.8 Å². The largest absolute Gasteiger partial charge is 0.499 e. The van der Waals surface area contributed by atoms with Gasteiger partial charge >= 0.3 is 0 Å². The summed E-state index contributed by atoms with van der Waals surface area (Å²) in [6.07, 6.45) is 13.6. The molecule has 0 unspecified atom stereocenters. The minimum atomic E-state index is -0.279. The molecule has 1 atom stereocenters. The maximum absolute atomic E-state index is 6.02. The van der Waals surface area contributed by atoms with E-state index in [9.17, 15) is 0 Å². The van der Waals surface area contributed by atoms with Gasteiger partial charge in [-0.2, -0.15) is 0 Å². The molecule has 1 aliphatic carbocycles. The first-order valence-electron chi connectivity index (χ1n) is 7.04. The summed E-state index contributed by atoms with van der Waals surface area (Å²) in [7, 11) is 0. The van der Waals surface area contributed by atoms with Gasteiger partial charge in [-0.05, 0) is 31.8 Å². The van der Waals surface area contributed by atoms with Gasteiger partial charge in [-0.25, -0.2) is 0 Å². The highest BCUT2D eigenvalue weighted by Gasteiger charge is 2.42. The quantitative estimate of drug-likeness (QED) is 0.411. The molecule has 0 aromatic heterocycles. The molecule has 2 rings (SSSR count). The lowest BCUT2D eigenvalue weighted by Gasteiger charge is -2.31. The first kappa shape index (κ1) is 13.6. The summed E-state index contributed by atoms with van der Waals surface area (Å²) in [6.45, 7) is 4.94. The number of allylic oxidation sites excluding steroid dienone is 2. The van der Waals surface area contributed by atoms with Crippen molar-refractivity contribution in [1.82, 2.24) is 0 Å². The number of unbranched alkanes of at least 4 members (excludes halogenated alkanes) is 1. The summed E-state index contributed by atoms with van der Waals surface area (Å²) < 4.78 is 17.3. The van der Waals surface area contributed by atoms with E-state index in [-0.39, 0.29) is 11.9 Å². The van der Waals surface area contributed by atoms with E-state index >= 15 is 0 Å². The number of ether oxygens (including phenoxy) is 3. The SMILES string of the molecule is C=CCC/C=C\OC[C@@H]1COC2(CCCCC2)O1. The van der Waals surface area contributed by atoms with Gasteiger partial charge in [-0.15, -0.1) is 6.58 Å². The Kier molecular flexibility index (Phi) is 5.26. The fourth-order valence-corrected chi connectivity index (χ4v) is 2.56. The van der Waals surface area contributed by atoms with E-state index in [1.807, 2.05) is 12.2 Å². The second-order valence-corrected chi connectivity index (χ2v) is 5.09. The van der Waals surface area contributed by atoms with Crippen LogP contribution in [0.1, 0.15) is 44.9 Å². The molecule has 1 saturated carbocycles. The van der Waals surface area contributed by atoms with Crippen molar-refractivity contribution in [3.63, 3.8) is 0 Å². The molecule has 0 bridgehead atoms. The van der Waals surface area contributed by atoms with Gasteiger partial charge in [-0.3, -0.25) is 0 Å². The lowest BCUT2D eigenvalue weighted by Crippen LogP contribution is -2.33. The molecule has 18 heavy (non-hydrogen) atoms. The minimum absolute atomic E-state index is 0.0900. The fraction of sp³-hybridized carbons (Fsp3) is 0.733. The van der Waals surface area contributed by atoms with Crippen LogP contribution in [0, 0.1) is 0 Å². The molecule has 0 aromatic rings. The summed E-state index contributed by atoms with van der Waals surface area (Å²) in [5, 5.41) is 0. The molecule has 3 nitrogen and oxygen atoms in total. The zero-order valence-electron chi connectivity index (χ0n) is 11.1. The Hall–Kier alpha value is -0.800. The van der Waals surface area contributed by atoms with E-state index in [2.05, 4.69) is 6.58 Å². The molecule has 1 heterocycles. The number of rotatable bonds is 6. The van der Waals surface area contributed by atoms with Gasteiger partial charge in [0.15, 0.2) is 5.79 Å². The van der Waals surface area contributed by atoms with Crippen LogP contribution in [0.3, 0.4) is 0 Å². The van der Waals surface area contributed by atoms with E-state index in [1.54, 1.807) is 6.26 Å². The molecule has 0 radical (unpaired) electrons. The van der Waals surface area contributed by atoms with Crippen molar-refractivity contribution < 1.29 is 14.2 Å². The summed E-state index contributed by atoms with van der Waals surface area (Å²) in [6, 6.07) is 0. The van der Waals surface area contributed by atoms with Crippen molar-refractivity contribution in [3.8, 4) is 0 Å². The molecule has 2 fully saturated rings. The van der Waals surface area contributed by atoms with Crippen LogP contribution in [0.2, 0.25) is 0 Å². The van der Waals surface area contributed by atoms with Crippen LogP contribution >= 0.6 is 0 Å². The fourth-order valence-electron chi connectivity index (χ4n) is 2.56. The molecule has 0 aromatic carbocycles. The van der Waals surface area contributed by atoms with E-state index in [4.69, 9.17) is 14.2 Å². The Balaban J connectivity index is 1.63. The van der Waals surface area contributed by atoms with E-state index in [1.165, 1.54) is 19.3 Å². The maximum atomic E-state index is 6.02. The summed E-state index contributed by atoms with van der Waals surface area (Å²) >= 11 is 0. The average molecular weight is 252 g/mol. The van der Waals surface area contributed by atoms with Gasteiger partial charge in [-0.1, -0.05) is 12.5 Å². The second kappa shape index (κ2) is 6.95. The summed E-state index contributed by atoms with van der Waals surface area (Å²) in [4.78, 5) is 0. The summed E-state index contributed by atoms with van der Waals surface area (Å²) in [5.41, 5.74) is 0.